The van der Waals surface area contributed by atoms with E-state index in [9.17, 15) is 4.79 Å². The van der Waals surface area contributed by atoms with Gasteiger partial charge in [-0.25, -0.2) is 0 Å². The van der Waals surface area contributed by atoms with E-state index in [4.69, 9.17) is 4.74 Å². The van der Waals surface area contributed by atoms with E-state index in [0.717, 1.165) is 35.3 Å². The summed E-state index contributed by atoms with van der Waals surface area (Å²) in [5.74, 6) is 1.28. The molecule has 0 saturated heterocycles. The van der Waals surface area contributed by atoms with Crippen molar-refractivity contribution in [3.05, 3.63) is 28.8 Å². The third-order valence-electron chi connectivity index (χ3n) is 3.11. The van der Waals surface area contributed by atoms with Gasteiger partial charge in [-0.05, 0) is 37.5 Å². The van der Waals surface area contributed by atoms with Crippen LogP contribution in [0.25, 0.3) is 0 Å². The van der Waals surface area contributed by atoms with Gasteiger partial charge in [0.2, 0.25) is 0 Å². The molecular formula is C13H16O2. The number of hydrogen-bond donors (Lipinski definition) is 0. The van der Waals surface area contributed by atoms with E-state index < -0.39 is 0 Å². The van der Waals surface area contributed by atoms with E-state index in [1.165, 1.54) is 0 Å². The predicted octanol–water partition coefficient (Wildman–Crippen LogP) is 2.77. The summed E-state index contributed by atoms with van der Waals surface area (Å²) in [6.45, 7) is 4.00. The second kappa shape index (κ2) is 3.69. The van der Waals surface area contributed by atoms with E-state index in [0.29, 0.717) is 0 Å². The lowest BCUT2D eigenvalue weighted by molar-refractivity contribution is 0.0912. The molecule has 1 aliphatic rings. The van der Waals surface area contributed by atoms with Crippen molar-refractivity contribution in [1.29, 1.82) is 0 Å². The van der Waals surface area contributed by atoms with Crippen LogP contribution >= 0.6 is 0 Å². The minimum atomic E-state index is 0.156. The van der Waals surface area contributed by atoms with Crippen LogP contribution in [0.2, 0.25) is 0 Å². The first-order valence-electron chi connectivity index (χ1n) is 5.35. The molecular weight excluding hydrogens is 188 g/mol. The first kappa shape index (κ1) is 10.2. The van der Waals surface area contributed by atoms with Gasteiger partial charge in [0.25, 0.3) is 0 Å². The molecule has 0 aliphatic heterocycles. The number of methoxy groups -OCH3 is 1. The zero-order chi connectivity index (χ0) is 11.0. The fourth-order valence-electron chi connectivity index (χ4n) is 2.20. The Hall–Kier alpha value is -1.31. The molecule has 1 aromatic carbocycles. The Morgan fingerprint density at radius 3 is 2.80 bits per heavy atom. The standard InChI is InChI=1S/C13H16O2/c1-8-6-11-10(12(7-8)15-3)5-4-9(2)13(11)14/h6-7,9H,4-5H2,1-3H3. The van der Waals surface area contributed by atoms with Gasteiger partial charge in [-0.3, -0.25) is 4.79 Å². The largest absolute Gasteiger partial charge is 0.496 e. The number of rotatable bonds is 1. The Morgan fingerprint density at radius 2 is 2.13 bits per heavy atom. The van der Waals surface area contributed by atoms with Crippen molar-refractivity contribution in [2.75, 3.05) is 7.11 Å². The first-order chi connectivity index (χ1) is 7.13. The van der Waals surface area contributed by atoms with Crippen LogP contribution < -0.4 is 4.74 Å². The first-order valence-corrected chi connectivity index (χ1v) is 5.35. The highest BCUT2D eigenvalue weighted by Gasteiger charge is 2.26. The Bertz CT molecular complexity index is 407. The molecule has 0 N–H and O–H groups in total. The molecule has 2 rings (SSSR count). The van der Waals surface area contributed by atoms with Crippen molar-refractivity contribution in [3.8, 4) is 5.75 Å². The maximum atomic E-state index is 12.0. The monoisotopic (exact) mass is 204 g/mol. The predicted molar refractivity (Wildman–Crippen MR) is 59.5 cm³/mol. The zero-order valence-corrected chi connectivity index (χ0v) is 9.46. The molecule has 1 atom stereocenters. The van der Waals surface area contributed by atoms with Gasteiger partial charge >= 0.3 is 0 Å². The van der Waals surface area contributed by atoms with E-state index in [1.807, 2.05) is 26.0 Å². The molecule has 80 valence electrons. The van der Waals surface area contributed by atoms with Gasteiger partial charge in [0.1, 0.15) is 5.75 Å². The molecule has 0 fully saturated rings. The minimum Gasteiger partial charge on any atom is -0.496 e. The van der Waals surface area contributed by atoms with Crippen LogP contribution in [-0.4, -0.2) is 12.9 Å². The second-order valence-corrected chi connectivity index (χ2v) is 4.30. The van der Waals surface area contributed by atoms with Gasteiger partial charge in [-0.1, -0.05) is 6.92 Å². The van der Waals surface area contributed by atoms with Crippen LogP contribution in [0.1, 0.15) is 34.8 Å². The highest BCUT2D eigenvalue weighted by molar-refractivity contribution is 6.00. The number of carbonyl (C=O) groups excluding carboxylic acids is 1. The van der Waals surface area contributed by atoms with Crippen molar-refractivity contribution < 1.29 is 9.53 Å². The SMILES string of the molecule is COc1cc(C)cc2c1CCC(C)C2=O. The van der Waals surface area contributed by atoms with E-state index in [1.54, 1.807) is 7.11 Å². The minimum absolute atomic E-state index is 0.156. The molecule has 0 heterocycles. The third kappa shape index (κ3) is 1.65. The number of benzene rings is 1. The van der Waals surface area contributed by atoms with Crippen LogP contribution in [0.4, 0.5) is 0 Å². The second-order valence-electron chi connectivity index (χ2n) is 4.30. The molecule has 1 aliphatic carbocycles. The maximum absolute atomic E-state index is 12.0. The van der Waals surface area contributed by atoms with Crippen molar-refractivity contribution in [1.82, 2.24) is 0 Å². The van der Waals surface area contributed by atoms with Crippen LogP contribution in [-0.2, 0) is 6.42 Å². The van der Waals surface area contributed by atoms with Gasteiger partial charge in [-0.15, -0.1) is 0 Å². The molecule has 0 radical (unpaired) electrons. The number of carbonyl (C=O) groups is 1. The maximum Gasteiger partial charge on any atom is 0.166 e. The van der Waals surface area contributed by atoms with Crippen LogP contribution in [0.3, 0.4) is 0 Å². The highest BCUT2D eigenvalue weighted by atomic mass is 16.5. The quantitative estimate of drug-likeness (QED) is 0.703. The van der Waals surface area contributed by atoms with Crippen LogP contribution in [0.5, 0.6) is 5.75 Å². The number of hydrogen-bond acceptors (Lipinski definition) is 2. The Balaban J connectivity index is 2.58. The lowest BCUT2D eigenvalue weighted by Crippen LogP contribution is -2.20. The molecule has 0 spiro atoms. The Morgan fingerprint density at radius 1 is 1.40 bits per heavy atom. The summed E-state index contributed by atoms with van der Waals surface area (Å²) in [5.41, 5.74) is 3.05. The van der Waals surface area contributed by atoms with Gasteiger partial charge in [0, 0.05) is 17.0 Å². The average molecular weight is 204 g/mol. The molecule has 15 heavy (non-hydrogen) atoms. The molecule has 0 aromatic heterocycles. The third-order valence-corrected chi connectivity index (χ3v) is 3.11. The van der Waals surface area contributed by atoms with Crippen molar-refractivity contribution in [2.45, 2.75) is 26.7 Å². The molecule has 1 aromatic rings. The lowest BCUT2D eigenvalue weighted by atomic mass is 9.82. The van der Waals surface area contributed by atoms with Gasteiger partial charge in [-0.2, -0.15) is 0 Å². The summed E-state index contributed by atoms with van der Waals surface area (Å²) in [6, 6.07) is 3.98. The van der Waals surface area contributed by atoms with Gasteiger partial charge in [0.15, 0.2) is 5.78 Å². The smallest absolute Gasteiger partial charge is 0.166 e. The van der Waals surface area contributed by atoms with Crippen molar-refractivity contribution >= 4 is 5.78 Å². The fraction of sp³-hybridized carbons (Fsp3) is 0.462. The average Bonchev–Trinajstić information content (AvgIpc) is 2.23. The molecule has 0 saturated carbocycles. The van der Waals surface area contributed by atoms with Crippen LogP contribution in [0.15, 0.2) is 12.1 Å². The summed E-state index contributed by atoms with van der Waals surface area (Å²) in [6.07, 6.45) is 1.89. The number of ether oxygens (including phenoxy) is 1. The normalized spacial score (nSPS) is 19.9. The number of ketones is 1. The molecule has 2 heteroatoms. The van der Waals surface area contributed by atoms with E-state index >= 15 is 0 Å². The number of aryl methyl sites for hydroxylation is 1. The van der Waals surface area contributed by atoms with E-state index in [-0.39, 0.29) is 11.7 Å². The van der Waals surface area contributed by atoms with Gasteiger partial charge < -0.3 is 4.74 Å². The summed E-state index contributed by atoms with van der Waals surface area (Å²) in [7, 11) is 1.66. The fourth-order valence-corrected chi connectivity index (χ4v) is 2.20. The van der Waals surface area contributed by atoms with E-state index in [2.05, 4.69) is 0 Å². The summed E-state index contributed by atoms with van der Waals surface area (Å²) in [4.78, 5) is 12.0. The van der Waals surface area contributed by atoms with Crippen LogP contribution in [0, 0.1) is 12.8 Å². The molecule has 0 bridgehead atoms. The molecule has 2 nitrogen and oxygen atoms in total. The lowest BCUT2D eigenvalue weighted by Gasteiger charge is -2.22. The Labute approximate surface area is 90.3 Å². The Kier molecular flexibility index (Phi) is 2.51. The summed E-state index contributed by atoms with van der Waals surface area (Å²) < 4.78 is 5.32. The molecule has 1 unspecified atom stereocenters. The highest BCUT2D eigenvalue weighted by Crippen LogP contribution is 2.32. The van der Waals surface area contributed by atoms with Crippen molar-refractivity contribution in [3.63, 3.8) is 0 Å². The number of fused-ring (bicyclic) bond motifs is 1. The zero-order valence-electron chi connectivity index (χ0n) is 9.46. The topological polar surface area (TPSA) is 26.3 Å². The number of Topliss-reactive ketones (excluding diaryl/α,β-unsaturated/α-hetero) is 1. The van der Waals surface area contributed by atoms with Gasteiger partial charge in [0.05, 0.1) is 7.11 Å². The summed E-state index contributed by atoms with van der Waals surface area (Å²) >= 11 is 0. The molecule has 0 amide bonds. The van der Waals surface area contributed by atoms with Crippen molar-refractivity contribution in [2.24, 2.45) is 5.92 Å². The summed E-state index contributed by atoms with van der Waals surface area (Å²) in [5, 5.41) is 0.